The highest BCUT2D eigenvalue weighted by Gasteiger charge is 2.26. The molecule has 0 unspecified atom stereocenters. The predicted molar refractivity (Wildman–Crippen MR) is 69.5 cm³/mol. The number of Topliss-reactive ketones (excluding diaryl/α,β-unsaturated/α-hetero) is 1. The molecule has 2 fully saturated rings. The molecule has 1 N–H and O–H groups in total. The van der Waals surface area contributed by atoms with Crippen molar-refractivity contribution in [3.63, 3.8) is 0 Å². The first-order chi connectivity index (χ1) is 8.79. The van der Waals surface area contributed by atoms with Gasteiger partial charge < -0.3 is 9.84 Å². The van der Waals surface area contributed by atoms with Crippen LogP contribution in [0.1, 0.15) is 38.5 Å². The monoisotopic (exact) mass is 255 g/mol. The molecule has 0 amide bonds. The molecule has 1 heterocycles. The number of aliphatic hydroxyl groups is 1. The summed E-state index contributed by atoms with van der Waals surface area (Å²) in [5.41, 5.74) is 0. The van der Waals surface area contributed by atoms with Crippen molar-refractivity contribution in [3.05, 3.63) is 0 Å². The molecule has 2 rings (SSSR count). The first kappa shape index (κ1) is 14.0. The number of carbonyl (C=O) groups excluding carboxylic acids is 1. The van der Waals surface area contributed by atoms with Gasteiger partial charge in [-0.1, -0.05) is 12.8 Å². The van der Waals surface area contributed by atoms with E-state index in [0.29, 0.717) is 24.9 Å². The van der Waals surface area contributed by atoms with E-state index >= 15 is 0 Å². The molecule has 1 saturated carbocycles. The maximum atomic E-state index is 12.1. The molecular weight excluding hydrogens is 230 g/mol. The third kappa shape index (κ3) is 4.04. The van der Waals surface area contributed by atoms with Crippen molar-refractivity contribution in [2.75, 3.05) is 32.8 Å². The van der Waals surface area contributed by atoms with Crippen molar-refractivity contribution in [1.82, 2.24) is 4.90 Å². The maximum absolute atomic E-state index is 12.1. The summed E-state index contributed by atoms with van der Waals surface area (Å²) in [4.78, 5) is 14.3. The Morgan fingerprint density at radius 2 is 1.83 bits per heavy atom. The quantitative estimate of drug-likeness (QED) is 0.775. The summed E-state index contributed by atoms with van der Waals surface area (Å²) in [6.07, 6.45) is 6.91. The number of aliphatic hydroxyl groups excluding tert-OH is 1. The minimum absolute atomic E-state index is 0.0976. The summed E-state index contributed by atoms with van der Waals surface area (Å²) in [6.45, 7) is 3.08. The predicted octanol–water partition coefficient (Wildman–Crippen LogP) is 1.22. The van der Waals surface area contributed by atoms with Gasteiger partial charge in [0, 0.05) is 19.0 Å². The number of ether oxygens (including phenoxy) is 1. The van der Waals surface area contributed by atoms with E-state index in [1.807, 2.05) is 0 Å². The first-order valence-corrected chi connectivity index (χ1v) is 7.27. The van der Waals surface area contributed by atoms with Gasteiger partial charge in [0.05, 0.1) is 25.9 Å². The SMILES string of the molecule is O=C(CN1CCC(OCCO)CC1)C1CCCC1. The van der Waals surface area contributed by atoms with Gasteiger partial charge in [-0.05, 0) is 25.7 Å². The molecular formula is C14H25NO3. The fraction of sp³-hybridized carbons (Fsp3) is 0.929. The highest BCUT2D eigenvalue weighted by atomic mass is 16.5. The number of rotatable bonds is 6. The van der Waals surface area contributed by atoms with E-state index in [1.165, 1.54) is 12.8 Å². The van der Waals surface area contributed by atoms with Gasteiger partial charge in [-0.25, -0.2) is 0 Å². The van der Waals surface area contributed by atoms with E-state index in [9.17, 15) is 4.79 Å². The minimum atomic E-state index is 0.0976. The average Bonchev–Trinajstić information content (AvgIpc) is 2.92. The van der Waals surface area contributed by atoms with Gasteiger partial charge in [-0.3, -0.25) is 9.69 Å². The van der Waals surface area contributed by atoms with Crippen LogP contribution in [0.4, 0.5) is 0 Å². The Morgan fingerprint density at radius 3 is 2.44 bits per heavy atom. The topological polar surface area (TPSA) is 49.8 Å². The number of ketones is 1. The van der Waals surface area contributed by atoms with E-state index in [-0.39, 0.29) is 12.7 Å². The molecule has 0 atom stereocenters. The van der Waals surface area contributed by atoms with Crippen molar-refractivity contribution in [1.29, 1.82) is 0 Å². The van der Waals surface area contributed by atoms with Crippen LogP contribution in [0.5, 0.6) is 0 Å². The van der Waals surface area contributed by atoms with Gasteiger partial charge >= 0.3 is 0 Å². The van der Waals surface area contributed by atoms with Gasteiger partial charge in [-0.2, -0.15) is 0 Å². The first-order valence-electron chi connectivity index (χ1n) is 7.27. The second kappa shape index (κ2) is 7.22. The van der Waals surface area contributed by atoms with Crippen molar-refractivity contribution in [2.45, 2.75) is 44.6 Å². The van der Waals surface area contributed by atoms with Crippen molar-refractivity contribution in [3.8, 4) is 0 Å². The van der Waals surface area contributed by atoms with Crippen LogP contribution in [0.25, 0.3) is 0 Å². The van der Waals surface area contributed by atoms with Gasteiger partial charge in [0.1, 0.15) is 5.78 Å². The number of nitrogens with zero attached hydrogens (tertiary/aromatic N) is 1. The molecule has 0 spiro atoms. The third-order valence-corrected chi connectivity index (χ3v) is 4.17. The molecule has 0 aromatic carbocycles. The standard InChI is InChI=1S/C14H25NO3/c16-9-10-18-13-5-7-15(8-6-13)11-14(17)12-3-1-2-4-12/h12-13,16H,1-11H2. The molecule has 1 aliphatic carbocycles. The fourth-order valence-electron chi connectivity index (χ4n) is 3.05. The molecule has 2 aliphatic rings. The number of likely N-dealkylation sites (tertiary alicyclic amines) is 1. The van der Waals surface area contributed by atoms with Crippen LogP contribution < -0.4 is 0 Å². The number of piperidine rings is 1. The number of hydrogen-bond acceptors (Lipinski definition) is 4. The van der Waals surface area contributed by atoms with Crippen LogP contribution in [-0.2, 0) is 9.53 Å². The molecule has 4 nitrogen and oxygen atoms in total. The maximum Gasteiger partial charge on any atom is 0.149 e. The number of hydrogen-bond donors (Lipinski definition) is 1. The molecule has 1 aliphatic heterocycles. The normalized spacial score (nSPS) is 23.6. The lowest BCUT2D eigenvalue weighted by atomic mass is 10.0. The van der Waals surface area contributed by atoms with Crippen LogP contribution in [0.15, 0.2) is 0 Å². The summed E-state index contributed by atoms with van der Waals surface area (Å²) >= 11 is 0. The molecule has 1 saturated heterocycles. The van der Waals surface area contributed by atoms with Crippen LogP contribution in [-0.4, -0.2) is 54.7 Å². The molecule has 104 valence electrons. The van der Waals surface area contributed by atoms with Gasteiger partial charge in [0.25, 0.3) is 0 Å². The summed E-state index contributed by atoms with van der Waals surface area (Å²) in [7, 11) is 0. The zero-order chi connectivity index (χ0) is 12.8. The van der Waals surface area contributed by atoms with E-state index in [4.69, 9.17) is 9.84 Å². The molecule has 18 heavy (non-hydrogen) atoms. The lowest BCUT2D eigenvalue weighted by Gasteiger charge is -2.31. The summed E-state index contributed by atoms with van der Waals surface area (Å²) in [6, 6.07) is 0. The smallest absolute Gasteiger partial charge is 0.149 e. The highest BCUT2D eigenvalue weighted by molar-refractivity contribution is 5.83. The van der Waals surface area contributed by atoms with Crippen LogP contribution in [0.3, 0.4) is 0 Å². The second-order valence-corrected chi connectivity index (χ2v) is 5.52. The van der Waals surface area contributed by atoms with Crippen LogP contribution >= 0.6 is 0 Å². The summed E-state index contributed by atoms with van der Waals surface area (Å²) < 4.78 is 5.52. The zero-order valence-electron chi connectivity index (χ0n) is 11.1. The number of carbonyl (C=O) groups is 1. The Bertz CT molecular complexity index is 256. The van der Waals surface area contributed by atoms with Gasteiger partial charge in [0.2, 0.25) is 0 Å². The molecule has 0 bridgehead atoms. The lowest BCUT2D eigenvalue weighted by molar-refractivity contribution is -0.124. The van der Waals surface area contributed by atoms with E-state index in [0.717, 1.165) is 38.8 Å². The summed E-state index contributed by atoms with van der Waals surface area (Å²) in [5, 5.41) is 8.71. The van der Waals surface area contributed by atoms with Gasteiger partial charge in [-0.15, -0.1) is 0 Å². The Labute approximate surface area is 109 Å². The lowest BCUT2D eigenvalue weighted by Crippen LogP contribution is -2.41. The molecule has 0 radical (unpaired) electrons. The van der Waals surface area contributed by atoms with E-state index < -0.39 is 0 Å². The Hall–Kier alpha value is -0.450. The zero-order valence-corrected chi connectivity index (χ0v) is 11.1. The van der Waals surface area contributed by atoms with Crippen molar-refractivity contribution >= 4 is 5.78 Å². The average molecular weight is 255 g/mol. The highest BCUT2D eigenvalue weighted by Crippen LogP contribution is 2.26. The van der Waals surface area contributed by atoms with Crippen molar-refractivity contribution in [2.24, 2.45) is 5.92 Å². The van der Waals surface area contributed by atoms with E-state index in [2.05, 4.69) is 4.90 Å². The van der Waals surface area contributed by atoms with Crippen LogP contribution in [0, 0.1) is 5.92 Å². The third-order valence-electron chi connectivity index (χ3n) is 4.17. The van der Waals surface area contributed by atoms with Crippen molar-refractivity contribution < 1.29 is 14.6 Å². The molecule has 0 aromatic heterocycles. The Kier molecular flexibility index (Phi) is 5.60. The largest absolute Gasteiger partial charge is 0.394 e. The van der Waals surface area contributed by atoms with Gasteiger partial charge in [0.15, 0.2) is 0 Å². The fourth-order valence-corrected chi connectivity index (χ4v) is 3.05. The summed E-state index contributed by atoms with van der Waals surface area (Å²) in [5.74, 6) is 0.788. The Morgan fingerprint density at radius 1 is 1.17 bits per heavy atom. The van der Waals surface area contributed by atoms with Crippen LogP contribution in [0.2, 0.25) is 0 Å². The minimum Gasteiger partial charge on any atom is -0.394 e. The Balaban J connectivity index is 1.65. The molecule has 0 aromatic rings. The molecule has 4 heteroatoms. The second-order valence-electron chi connectivity index (χ2n) is 5.52. The van der Waals surface area contributed by atoms with E-state index in [1.54, 1.807) is 0 Å².